The smallest absolute Gasteiger partial charge is 0.416 e. The summed E-state index contributed by atoms with van der Waals surface area (Å²) in [5.41, 5.74) is -0.517. The van der Waals surface area contributed by atoms with Gasteiger partial charge in [0.1, 0.15) is 12.4 Å². The van der Waals surface area contributed by atoms with E-state index in [1.807, 2.05) is 18.2 Å². The van der Waals surface area contributed by atoms with Gasteiger partial charge in [-0.1, -0.05) is 51.1 Å². The van der Waals surface area contributed by atoms with Crippen LogP contribution in [0.4, 0.5) is 18.0 Å². The number of benzene rings is 2. The van der Waals surface area contributed by atoms with Crippen LogP contribution >= 0.6 is 0 Å². The minimum atomic E-state index is -1.44. The van der Waals surface area contributed by atoms with E-state index in [1.54, 1.807) is 32.9 Å². The van der Waals surface area contributed by atoms with Gasteiger partial charge >= 0.3 is 12.1 Å². The molecule has 2 amide bonds. The Morgan fingerprint density at radius 2 is 1.71 bits per heavy atom. The van der Waals surface area contributed by atoms with Gasteiger partial charge in [0.25, 0.3) is 0 Å². The maximum absolute atomic E-state index is 14.5. The average molecular weight is 477 g/mol. The molecular weight excluding hydrogens is 451 g/mol. The zero-order valence-corrected chi connectivity index (χ0v) is 19.1. The number of aliphatic carboxylic acids is 1. The summed E-state index contributed by atoms with van der Waals surface area (Å²) in [5, 5.41) is 9.97. The first-order chi connectivity index (χ1) is 15.9. The number of carbonyl (C=O) groups is 3. The van der Waals surface area contributed by atoms with Crippen LogP contribution in [-0.4, -0.2) is 40.6 Å². The summed E-state index contributed by atoms with van der Waals surface area (Å²) >= 11 is 0. The highest BCUT2D eigenvalue weighted by Gasteiger charge is 2.48. The van der Waals surface area contributed by atoms with E-state index in [1.165, 1.54) is 0 Å². The van der Waals surface area contributed by atoms with E-state index < -0.39 is 65.1 Å². The zero-order valence-electron chi connectivity index (χ0n) is 19.1. The lowest BCUT2D eigenvalue weighted by Crippen LogP contribution is -2.49. The second kappa shape index (κ2) is 9.87. The molecule has 1 N–H and O–H groups in total. The predicted octanol–water partition coefficient (Wildman–Crippen LogP) is 4.60. The number of nitrogens with zero attached hydrogens (tertiary/aromatic N) is 1. The molecule has 2 aromatic carbocycles. The molecule has 3 rings (SSSR count). The molecule has 0 bridgehead atoms. The number of rotatable bonds is 7. The van der Waals surface area contributed by atoms with Crippen molar-refractivity contribution in [2.75, 3.05) is 6.61 Å². The van der Waals surface area contributed by atoms with Crippen molar-refractivity contribution in [2.45, 2.75) is 39.7 Å². The topological polar surface area (TPSA) is 83.9 Å². The van der Waals surface area contributed by atoms with Gasteiger partial charge in [-0.2, -0.15) is 0 Å². The van der Waals surface area contributed by atoms with E-state index >= 15 is 0 Å². The summed E-state index contributed by atoms with van der Waals surface area (Å²) in [4.78, 5) is 39.3. The van der Waals surface area contributed by atoms with E-state index in [2.05, 4.69) is 0 Å². The van der Waals surface area contributed by atoms with E-state index in [0.717, 1.165) is 10.5 Å². The van der Waals surface area contributed by atoms with Crippen molar-refractivity contribution in [3.63, 3.8) is 0 Å². The van der Waals surface area contributed by atoms with Crippen molar-refractivity contribution in [2.24, 2.45) is 17.3 Å². The standard InChI is InChI=1S/C25H26F3NO5/c1-25(2,3)21(23(31)32)17(10-15-11-19(27)20(28)12-18(15)26)22(30)29-16(13-34-24(29)33)9-14-7-5-4-6-8-14/h4-8,11-12,16-17,21H,9-10,13H2,1-3H3,(H,31,32)/t16-,17?,21-/m0/s1. The van der Waals surface area contributed by atoms with Gasteiger partial charge in [-0.25, -0.2) is 22.9 Å². The molecule has 1 saturated heterocycles. The summed E-state index contributed by atoms with van der Waals surface area (Å²) in [7, 11) is 0. The van der Waals surface area contributed by atoms with Crippen LogP contribution in [0, 0.1) is 34.7 Å². The molecule has 6 nitrogen and oxygen atoms in total. The Labute approximate surface area is 195 Å². The lowest BCUT2D eigenvalue weighted by molar-refractivity contribution is -0.154. The molecule has 1 aliphatic rings. The molecule has 1 fully saturated rings. The number of hydrogen-bond donors (Lipinski definition) is 1. The minimum Gasteiger partial charge on any atom is -0.481 e. The fourth-order valence-electron chi connectivity index (χ4n) is 4.40. The third kappa shape index (κ3) is 5.40. The number of carboxylic acids is 1. The highest BCUT2D eigenvalue weighted by Crippen LogP contribution is 2.37. The highest BCUT2D eigenvalue weighted by molar-refractivity contribution is 5.97. The largest absolute Gasteiger partial charge is 0.481 e. The number of ether oxygens (including phenoxy) is 1. The summed E-state index contributed by atoms with van der Waals surface area (Å²) in [5.74, 6) is -8.84. The van der Waals surface area contributed by atoms with Crippen LogP contribution < -0.4 is 0 Å². The van der Waals surface area contributed by atoms with E-state index in [0.29, 0.717) is 12.1 Å². The van der Waals surface area contributed by atoms with Crippen LogP contribution in [0.3, 0.4) is 0 Å². The van der Waals surface area contributed by atoms with Crippen LogP contribution in [0.2, 0.25) is 0 Å². The molecule has 1 heterocycles. The molecule has 0 aromatic heterocycles. The fraction of sp³-hybridized carbons (Fsp3) is 0.400. The van der Waals surface area contributed by atoms with Crippen molar-refractivity contribution < 1.29 is 37.4 Å². The molecular formula is C25H26F3NO5. The summed E-state index contributed by atoms with van der Waals surface area (Å²) in [6.07, 6.45) is -1.20. The maximum atomic E-state index is 14.5. The Morgan fingerprint density at radius 1 is 1.09 bits per heavy atom. The van der Waals surface area contributed by atoms with Crippen LogP contribution in [-0.2, 0) is 27.2 Å². The maximum Gasteiger partial charge on any atom is 0.416 e. The monoisotopic (exact) mass is 477 g/mol. The number of imide groups is 1. The summed E-state index contributed by atoms with van der Waals surface area (Å²) < 4.78 is 46.8. The minimum absolute atomic E-state index is 0.0843. The molecule has 34 heavy (non-hydrogen) atoms. The summed E-state index contributed by atoms with van der Waals surface area (Å²) in [6.45, 7) is 4.70. The number of amides is 2. The third-order valence-electron chi connectivity index (χ3n) is 5.96. The van der Waals surface area contributed by atoms with Crippen LogP contribution in [0.1, 0.15) is 31.9 Å². The molecule has 0 saturated carbocycles. The molecule has 3 atom stereocenters. The van der Waals surface area contributed by atoms with Crippen LogP contribution in [0.25, 0.3) is 0 Å². The third-order valence-corrected chi connectivity index (χ3v) is 5.96. The zero-order chi connectivity index (χ0) is 25.2. The van der Waals surface area contributed by atoms with Gasteiger partial charge in [-0.15, -0.1) is 0 Å². The number of hydrogen-bond acceptors (Lipinski definition) is 4. The molecule has 9 heteroatoms. The Bertz CT molecular complexity index is 1080. The Hall–Kier alpha value is -3.36. The Balaban J connectivity index is 2.02. The van der Waals surface area contributed by atoms with E-state index in [4.69, 9.17) is 4.74 Å². The van der Waals surface area contributed by atoms with Gasteiger partial charge in [0, 0.05) is 6.07 Å². The van der Waals surface area contributed by atoms with Crippen molar-refractivity contribution >= 4 is 18.0 Å². The molecule has 0 radical (unpaired) electrons. The summed E-state index contributed by atoms with van der Waals surface area (Å²) in [6, 6.07) is 9.30. The van der Waals surface area contributed by atoms with Gasteiger partial charge in [0.05, 0.1) is 17.9 Å². The number of cyclic esters (lactones) is 1. The first-order valence-electron chi connectivity index (χ1n) is 10.8. The second-order valence-electron chi connectivity index (χ2n) is 9.48. The molecule has 1 aliphatic heterocycles. The highest BCUT2D eigenvalue weighted by atomic mass is 19.2. The number of halogens is 3. The van der Waals surface area contributed by atoms with Crippen molar-refractivity contribution in [3.8, 4) is 0 Å². The van der Waals surface area contributed by atoms with E-state index in [9.17, 15) is 32.7 Å². The lowest BCUT2D eigenvalue weighted by Gasteiger charge is -2.35. The van der Waals surface area contributed by atoms with Gasteiger partial charge in [-0.3, -0.25) is 9.59 Å². The first kappa shape index (κ1) is 25.3. The number of carboxylic acid groups (broad SMARTS) is 1. The normalized spacial score (nSPS) is 17.9. The van der Waals surface area contributed by atoms with Crippen molar-refractivity contribution in [1.82, 2.24) is 4.90 Å². The predicted molar refractivity (Wildman–Crippen MR) is 116 cm³/mol. The first-order valence-corrected chi connectivity index (χ1v) is 10.8. The van der Waals surface area contributed by atoms with Crippen LogP contribution in [0.5, 0.6) is 0 Å². The van der Waals surface area contributed by atoms with Gasteiger partial charge in [0.15, 0.2) is 11.6 Å². The quantitative estimate of drug-likeness (QED) is 0.590. The van der Waals surface area contributed by atoms with Crippen molar-refractivity contribution in [1.29, 1.82) is 0 Å². The molecule has 182 valence electrons. The van der Waals surface area contributed by atoms with Gasteiger partial charge in [0.2, 0.25) is 5.91 Å². The Morgan fingerprint density at radius 3 is 2.29 bits per heavy atom. The van der Waals surface area contributed by atoms with Gasteiger partial charge in [-0.05, 0) is 35.4 Å². The second-order valence-corrected chi connectivity index (χ2v) is 9.48. The average Bonchev–Trinajstić information content (AvgIpc) is 3.10. The Kier molecular flexibility index (Phi) is 7.33. The lowest BCUT2D eigenvalue weighted by atomic mass is 9.70. The number of carbonyl (C=O) groups excluding carboxylic acids is 2. The molecule has 0 spiro atoms. The van der Waals surface area contributed by atoms with Crippen molar-refractivity contribution in [3.05, 3.63) is 71.0 Å². The van der Waals surface area contributed by atoms with Crippen LogP contribution in [0.15, 0.2) is 42.5 Å². The molecule has 0 aliphatic carbocycles. The SMILES string of the molecule is CC(C)(C)[C@H](C(=O)O)C(Cc1cc(F)c(F)cc1F)C(=O)N1C(=O)OC[C@@H]1Cc1ccccc1. The molecule has 2 aromatic rings. The molecule has 1 unspecified atom stereocenters. The van der Waals surface area contributed by atoms with E-state index in [-0.39, 0.29) is 18.6 Å². The van der Waals surface area contributed by atoms with Gasteiger partial charge < -0.3 is 9.84 Å². The fourth-order valence-corrected chi connectivity index (χ4v) is 4.40.